The van der Waals surface area contributed by atoms with Gasteiger partial charge in [-0.2, -0.15) is 5.26 Å². The lowest BCUT2D eigenvalue weighted by atomic mass is 10.1. The van der Waals surface area contributed by atoms with Crippen LogP contribution in [0, 0.1) is 11.3 Å². The van der Waals surface area contributed by atoms with E-state index in [-0.39, 0.29) is 6.42 Å². The summed E-state index contributed by atoms with van der Waals surface area (Å²) in [7, 11) is 0. The zero-order valence-electron chi connectivity index (χ0n) is 16.7. The van der Waals surface area contributed by atoms with E-state index in [1.165, 1.54) is 23.8 Å². The summed E-state index contributed by atoms with van der Waals surface area (Å²) in [6.45, 7) is 3.59. The maximum atomic E-state index is 12.3. The number of aryl methyl sites for hydroxylation is 1. The first-order valence-electron chi connectivity index (χ1n) is 9.53. The second-order valence-electron chi connectivity index (χ2n) is 6.65. The number of anilines is 1. The second kappa shape index (κ2) is 9.81. The highest BCUT2D eigenvalue weighted by Gasteiger charge is 2.20. The Labute approximate surface area is 179 Å². The highest BCUT2D eigenvalue weighted by molar-refractivity contribution is 7.13. The van der Waals surface area contributed by atoms with Crippen molar-refractivity contribution < 1.29 is 14.3 Å². The minimum atomic E-state index is -0.996. The Morgan fingerprint density at radius 3 is 2.63 bits per heavy atom. The zero-order chi connectivity index (χ0) is 21.5. The predicted octanol–water partition coefficient (Wildman–Crippen LogP) is 4.36. The van der Waals surface area contributed by atoms with Crippen LogP contribution in [0.1, 0.15) is 30.7 Å². The Bertz CT molecular complexity index is 1080. The number of aromatic nitrogens is 1. The standard InChI is InChI=1S/C23H21N3O3S/c1-3-16-8-10-17(11-9-16)23-25-19(14-30-23)12-21(27)29-15(2)22(28)26-20-7-5-4-6-18(20)13-24/h4-11,14-15H,3,12H2,1-2H3,(H,26,28)/t15-/m1/s1. The van der Waals surface area contributed by atoms with Gasteiger partial charge in [0.25, 0.3) is 5.91 Å². The van der Waals surface area contributed by atoms with E-state index in [0.29, 0.717) is 16.9 Å². The Kier molecular flexibility index (Phi) is 6.94. The maximum Gasteiger partial charge on any atom is 0.312 e. The third-order valence-corrected chi connectivity index (χ3v) is 5.41. The molecule has 0 aliphatic carbocycles. The van der Waals surface area contributed by atoms with Crippen molar-refractivity contribution in [1.82, 2.24) is 4.98 Å². The van der Waals surface area contributed by atoms with Crippen molar-refractivity contribution in [3.05, 3.63) is 70.7 Å². The number of hydrogen-bond donors (Lipinski definition) is 1. The smallest absolute Gasteiger partial charge is 0.312 e. The number of rotatable bonds is 7. The van der Waals surface area contributed by atoms with Crippen molar-refractivity contribution >= 4 is 28.9 Å². The van der Waals surface area contributed by atoms with Crippen LogP contribution in [0.15, 0.2) is 53.9 Å². The van der Waals surface area contributed by atoms with Gasteiger partial charge in [-0.3, -0.25) is 9.59 Å². The Morgan fingerprint density at radius 2 is 1.93 bits per heavy atom. The summed E-state index contributed by atoms with van der Waals surface area (Å²) in [6.07, 6.45) is -0.0390. The molecule has 0 spiro atoms. The number of amides is 1. The van der Waals surface area contributed by atoms with Crippen LogP contribution in [0.25, 0.3) is 10.6 Å². The molecule has 3 aromatic rings. The van der Waals surface area contributed by atoms with Crippen molar-refractivity contribution in [3.8, 4) is 16.6 Å². The Balaban J connectivity index is 1.56. The number of carbonyl (C=O) groups excluding carboxylic acids is 2. The summed E-state index contributed by atoms with van der Waals surface area (Å²) in [5.74, 6) is -1.04. The molecule has 30 heavy (non-hydrogen) atoms. The SMILES string of the molecule is CCc1ccc(-c2nc(CC(=O)O[C@H](C)C(=O)Nc3ccccc3C#N)cs2)cc1. The quantitative estimate of drug-likeness (QED) is 0.575. The van der Waals surface area contributed by atoms with Gasteiger partial charge in [0.2, 0.25) is 0 Å². The summed E-state index contributed by atoms with van der Waals surface area (Å²) < 4.78 is 5.24. The molecule has 1 atom stereocenters. The lowest BCUT2D eigenvalue weighted by Crippen LogP contribution is -2.30. The third-order valence-electron chi connectivity index (χ3n) is 4.47. The number of carbonyl (C=O) groups is 2. The fraction of sp³-hybridized carbons (Fsp3) is 0.217. The first-order valence-corrected chi connectivity index (χ1v) is 10.4. The number of ether oxygens (including phenoxy) is 1. The van der Waals surface area contributed by atoms with Crippen molar-refractivity contribution in [3.63, 3.8) is 0 Å². The van der Waals surface area contributed by atoms with Gasteiger partial charge in [-0.05, 0) is 31.0 Å². The monoisotopic (exact) mass is 419 g/mol. The predicted molar refractivity (Wildman–Crippen MR) is 116 cm³/mol. The molecule has 0 aliphatic heterocycles. The van der Waals surface area contributed by atoms with Crippen LogP contribution >= 0.6 is 11.3 Å². The zero-order valence-corrected chi connectivity index (χ0v) is 17.5. The summed E-state index contributed by atoms with van der Waals surface area (Å²) in [4.78, 5) is 29.0. The first-order chi connectivity index (χ1) is 14.5. The van der Waals surface area contributed by atoms with Crippen LogP contribution in [0.5, 0.6) is 0 Å². The lowest BCUT2D eigenvalue weighted by Gasteiger charge is -2.13. The van der Waals surface area contributed by atoms with E-state index in [4.69, 9.17) is 10.00 Å². The van der Waals surface area contributed by atoms with Crippen molar-refractivity contribution in [2.75, 3.05) is 5.32 Å². The van der Waals surface area contributed by atoms with Crippen LogP contribution in [0.3, 0.4) is 0 Å². The van der Waals surface area contributed by atoms with Gasteiger partial charge in [0, 0.05) is 10.9 Å². The highest BCUT2D eigenvalue weighted by Crippen LogP contribution is 2.24. The summed E-state index contributed by atoms with van der Waals surface area (Å²) in [5, 5.41) is 14.4. The van der Waals surface area contributed by atoms with Crippen molar-refractivity contribution in [2.45, 2.75) is 32.8 Å². The average Bonchev–Trinajstić information content (AvgIpc) is 3.22. The molecule has 7 heteroatoms. The van der Waals surface area contributed by atoms with Crippen LogP contribution < -0.4 is 5.32 Å². The van der Waals surface area contributed by atoms with Gasteiger partial charge >= 0.3 is 5.97 Å². The number of para-hydroxylation sites is 1. The minimum Gasteiger partial charge on any atom is -0.452 e. The minimum absolute atomic E-state index is 0.0179. The van der Waals surface area contributed by atoms with Crippen molar-refractivity contribution in [2.24, 2.45) is 0 Å². The molecule has 0 aliphatic rings. The van der Waals surface area contributed by atoms with Gasteiger partial charge in [-0.15, -0.1) is 11.3 Å². The molecule has 2 aromatic carbocycles. The van der Waals surface area contributed by atoms with E-state index in [1.807, 2.05) is 23.6 Å². The van der Waals surface area contributed by atoms with Gasteiger partial charge in [-0.25, -0.2) is 4.98 Å². The van der Waals surface area contributed by atoms with E-state index in [9.17, 15) is 9.59 Å². The number of nitrogens with zero attached hydrogens (tertiary/aromatic N) is 2. The van der Waals surface area contributed by atoms with E-state index in [0.717, 1.165) is 17.0 Å². The van der Waals surface area contributed by atoms with Gasteiger partial charge in [-0.1, -0.05) is 43.3 Å². The number of nitriles is 1. The molecule has 3 rings (SSSR count). The van der Waals surface area contributed by atoms with Crippen LogP contribution in [-0.2, 0) is 27.2 Å². The fourth-order valence-corrected chi connectivity index (χ4v) is 3.59. The molecule has 1 N–H and O–H groups in total. The molecular weight excluding hydrogens is 398 g/mol. The number of benzene rings is 2. The topological polar surface area (TPSA) is 92.1 Å². The molecule has 1 amide bonds. The summed E-state index contributed by atoms with van der Waals surface area (Å²) in [5.41, 5.74) is 3.57. The molecule has 1 aromatic heterocycles. The number of nitrogens with one attached hydrogen (secondary N) is 1. The van der Waals surface area contributed by atoms with Crippen molar-refractivity contribution in [1.29, 1.82) is 5.26 Å². The second-order valence-corrected chi connectivity index (χ2v) is 7.51. The first kappa shape index (κ1) is 21.2. The molecule has 0 fully saturated rings. The number of thiazole rings is 1. The largest absolute Gasteiger partial charge is 0.452 e. The van der Waals surface area contributed by atoms with Crippen LogP contribution in [0.4, 0.5) is 5.69 Å². The van der Waals surface area contributed by atoms with E-state index in [2.05, 4.69) is 29.4 Å². The molecule has 0 saturated carbocycles. The van der Waals surface area contributed by atoms with Gasteiger partial charge in [0.1, 0.15) is 11.1 Å². The summed E-state index contributed by atoms with van der Waals surface area (Å²) in [6, 6.07) is 16.8. The molecule has 1 heterocycles. The van der Waals surface area contributed by atoms with E-state index < -0.39 is 18.0 Å². The highest BCUT2D eigenvalue weighted by atomic mass is 32.1. The third kappa shape index (κ3) is 5.31. The Morgan fingerprint density at radius 1 is 1.20 bits per heavy atom. The molecule has 152 valence electrons. The molecule has 0 unspecified atom stereocenters. The maximum absolute atomic E-state index is 12.3. The van der Waals surface area contributed by atoms with E-state index in [1.54, 1.807) is 24.3 Å². The molecule has 0 saturated heterocycles. The average molecular weight is 420 g/mol. The molecule has 6 nitrogen and oxygen atoms in total. The van der Waals surface area contributed by atoms with Crippen LogP contribution in [-0.4, -0.2) is 23.0 Å². The van der Waals surface area contributed by atoms with E-state index >= 15 is 0 Å². The molecule has 0 bridgehead atoms. The summed E-state index contributed by atoms with van der Waals surface area (Å²) >= 11 is 1.46. The fourth-order valence-electron chi connectivity index (χ4n) is 2.77. The molecule has 0 radical (unpaired) electrons. The van der Waals surface area contributed by atoms with Gasteiger partial charge in [0.05, 0.1) is 23.4 Å². The normalized spacial score (nSPS) is 11.4. The molecular formula is C23H21N3O3S. The lowest BCUT2D eigenvalue weighted by molar-refractivity contribution is -0.152. The van der Waals surface area contributed by atoms with Gasteiger partial charge in [0.15, 0.2) is 6.10 Å². The van der Waals surface area contributed by atoms with Crippen LogP contribution in [0.2, 0.25) is 0 Å². The Hall–Kier alpha value is -3.50. The van der Waals surface area contributed by atoms with Gasteiger partial charge < -0.3 is 10.1 Å². The number of esters is 1. The number of hydrogen-bond acceptors (Lipinski definition) is 6.